The summed E-state index contributed by atoms with van der Waals surface area (Å²) in [5.41, 5.74) is 1.94. The van der Waals surface area contributed by atoms with Crippen LogP contribution in [0.5, 0.6) is 0 Å². The summed E-state index contributed by atoms with van der Waals surface area (Å²) in [7, 11) is 0. The van der Waals surface area contributed by atoms with Gasteiger partial charge < -0.3 is 14.3 Å². The Morgan fingerprint density at radius 2 is 2.04 bits per heavy atom. The van der Waals surface area contributed by atoms with Crippen LogP contribution in [-0.4, -0.2) is 35.6 Å². The Hall–Kier alpha value is -2.08. The quantitative estimate of drug-likeness (QED) is 0.822. The van der Waals surface area contributed by atoms with Gasteiger partial charge in [0, 0.05) is 18.5 Å². The molecule has 0 unspecified atom stereocenters. The molecule has 6 heteroatoms. The van der Waals surface area contributed by atoms with E-state index >= 15 is 0 Å². The lowest BCUT2D eigenvalue weighted by molar-refractivity contribution is -0.121. The van der Waals surface area contributed by atoms with Crippen molar-refractivity contribution >= 4 is 5.91 Å². The summed E-state index contributed by atoms with van der Waals surface area (Å²) in [6.07, 6.45) is 3.40. The molecule has 142 valence electrons. The van der Waals surface area contributed by atoms with E-state index < -0.39 is 0 Å². The molecule has 0 radical (unpaired) electrons. The summed E-state index contributed by atoms with van der Waals surface area (Å²) in [6, 6.07) is 4.07. The second-order valence-electron chi connectivity index (χ2n) is 7.34. The van der Waals surface area contributed by atoms with Gasteiger partial charge in [0.25, 0.3) is 0 Å². The number of hydrogen-bond acceptors (Lipinski definition) is 5. The van der Waals surface area contributed by atoms with Gasteiger partial charge in [0.15, 0.2) is 0 Å². The molecule has 1 fully saturated rings. The minimum absolute atomic E-state index is 0.110. The van der Waals surface area contributed by atoms with Crippen molar-refractivity contribution < 1.29 is 13.7 Å². The molecule has 2 aromatic rings. The van der Waals surface area contributed by atoms with Crippen LogP contribution in [0.1, 0.15) is 47.8 Å². The standard InChI is InChI=1S/C20H29N3O3/c1-14-4-5-18(25-14)13-23-10-8-17(9-11-23)12-21-20(24)7-6-19-15(2)22-26-16(19)3/h4-5,17H,6-13H2,1-3H3,(H,21,24). The number of aromatic nitrogens is 1. The van der Waals surface area contributed by atoms with Crippen LogP contribution in [-0.2, 0) is 17.8 Å². The molecule has 1 aliphatic heterocycles. The second-order valence-corrected chi connectivity index (χ2v) is 7.34. The molecule has 26 heavy (non-hydrogen) atoms. The van der Waals surface area contributed by atoms with E-state index in [2.05, 4.69) is 21.4 Å². The number of amides is 1. The number of piperidine rings is 1. The van der Waals surface area contributed by atoms with E-state index in [9.17, 15) is 4.79 Å². The van der Waals surface area contributed by atoms with Crippen molar-refractivity contribution in [2.45, 2.75) is 53.0 Å². The number of carbonyl (C=O) groups is 1. The fraction of sp³-hybridized carbons (Fsp3) is 0.600. The first-order valence-corrected chi connectivity index (χ1v) is 9.47. The summed E-state index contributed by atoms with van der Waals surface area (Å²) in [6.45, 7) is 9.55. The van der Waals surface area contributed by atoms with E-state index in [1.807, 2.05) is 26.8 Å². The Bertz CT molecular complexity index is 707. The topological polar surface area (TPSA) is 71.5 Å². The summed E-state index contributed by atoms with van der Waals surface area (Å²) in [5, 5.41) is 7.03. The first-order valence-electron chi connectivity index (χ1n) is 9.47. The average Bonchev–Trinajstić information content (AvgIpc) is 3.18. The predicted octanol–water partition coefficient (Wildman–Crippen LogP) is 3.15. The predicted molar refractivity (Wildman–Crippen MR) is 98.8 cm³/mol. The van der Waals surface area contributed by atoms with Crippen LogP contribution in [0.3, 0.4) is 0 Å². The zero-order valence-electron chi connectivity index (χ0n) is 16.0. The smallest absolute Gasteiger partial charge is 0.220 e. The molecule has 2 aromatic heterocycles. The Labute approximate surface area is 154 Å². The van der Waals surface area contributed by atoms with E-state index in [0.29, 0.717) is 18.8 Å². The molecule has 1 amide bonds. The Balaban J connectivity index is 1.33. The highest BCUT2D eigenvalue weighted by molar-refractivity contribution is 5.76. The van der Waals surface area contributed by atoms with Gasteiger partial charge in [-0.25, -0.2) is 0 Å². The number of carbonyl (C=O) groups excluding carboxylic acids is 1. The number of hydrogen-bond donors (Lipinski definition) is 1. The fourth-order valence-corrected chi connectivity index (χ4v) is 3.58. The van der Waals surface area contributed by atoms with Gasteiger partial charge in [0.2, 0.25) is 5.91 Å². The fourth-order valence-electron chi connectivity index (χ4n) is 3.58. The van der Waals surface area contributed by atoms with Gasteiger partial charge in [-0.05, 0) is 71.2 Å². The maximum Gasteiger partial charge on any atom is 0.220 e. The molecule has 3 heterocycles. The van der Waals surface area contributed by atoms with Crippen LogP contribution in [0.4, 0.5) is 0 Å². The van der Waals surface area contributed by atoms with Crippen LogP contribution < -0.4 is 5.32 Å². The highest BCUT2D eigenvalue weighted by Crippen LogP contribution is 2.19. The van der Waals surface area contributed by atoms with Crippen molar-refractivity contribution in [2.24, 2.45) is 5.92 Å². The molecule has 1 N–H and O–H groups in total. The van der Waals surface area contributed by atoms with Gasteiger partial charge in [-0.2, -0.15) is 0 Å². The van der Waals surface area contributed by atoms with Crippen LogP contribution in [0.15, 0.2) is 21.1 Å². The van der Waals surface area contributed by atoms with Crippen LogP contribution in [0.2, 0.25) is 0 Å². The molecule has 0 saturated carbocycles. The number of nitrogens with zero attached hydrogens (tertiary/aromatic N) is 2. The molecule has 1 saturated heterocycles. The third kappa shape index (κ3) is 4.97. The van der Waals surface area contributed by atoms with Gasteiger partial charge in [0.1, 0.15) is 17.3 Å². The highest BCUT2D eigenvalue weighted by Gasteiger charge is 2.20. The SMILES string of the molecule is Cc1ccc(CN2CCC(CNC(=O)CCc3c(C)noc3C)CC2)o1. The maximum absolute atomic E-state index is 12.1. The van der Waals surface area contributed by atoms with E-state index in [4.69, 9.17) is 8.94 Å². The number of nitrogens with one attached hydrogen (secondary N) is 1. The second kappa shape index (κ2) is 8.54. The number of rotatable bonds is 7. The number of furan rings is 1. The number of aryl methyl sites for hydroxylation is 3. The summed E-state index contributed by atoms with van der Waals surface area (Å²) < 4.78 is 10.8. The minimum Gasteiger partial charge on any atom is -0.465 e. The summed E-state index contributed by atoms with van der Waals surface area (Å²) in [4.78, 5) is 14.6. The van der Waals surface area contributed by atoms with Crippen molar-refractivity contribution in [1.29, 1.82) is 0 Å². The lowest BCUT2D eigenvalue weighted by Gasteiger charge is -2.31. The molecule has 0 spiro atoms. The minimum atomic E-state index is 0.110. The zero-order chi connectivity index (χ0) is 18.5. The van der Waals surface area contributed by atoms with Gasteiger partial charge in [-0.1, -0.05) is 5.16 Å². The number of likely N-dealkylation sites (tertiary alicyclic amines) is 1. The molecule has 0 atom stereocenters. The molecule has 0 aromatic carbocycles. The van der Waals surface area contributed by atoms with Crippen molar-refractivity contribution in [2.75, 3.05) is 19.6 Å². The third-order valence-corrected chi connectivity index (χ3v) is 5.25. The Morgan fingerprint density at radius 3 is 2.65 bits per heavy atom. The lowest BCUT2D eigenvalue weighted by Crippen LogP contribution is -2.38. The van der Waals surface area contributed by atoms with Gasteiger partial charge in [0.05, 0.1) is 12.2 Å². The molecule has 1 aliphatic rings. The first-order chi connectivity index (χ1) is 12.5. The average molecular weight is 359 g/mol. The lowest BCUT2D eigenvalue weighted by atomic mass is 9.96. The molecule has 0 bridgehead atoms. The van der Waals surface area contributed by atoms with Gasteiger partial charge >= 0.3 is 0 Å². The van der Waals surface area contributed by atoms with Crippen LogP contribution >= 0.6 is 0 Å². The van der Waals surface area contributed by atoms with E-state index in [1.54, 1.807) is 0 Å². The van der Waals surface area contributed by atoms with Gasteiger partial charge in [-0.15, -0.1) is 0 Å². The van der Waals surface area contributed by atoms with E-state index in [-0.39, 0.29) is 5.91 Å². The first kappa shape index (κ1) is 18.7. The summed E-state index contributed by atoms with van der Waals surface area (Å²) >= 11 is 0. The largest absolute Gasteiger partial charge is 0.465 e. The van der Waals surface area contributed by atoms with E-state index in [0.717, 1.165) is 67.6 Å². The molecule has 3 rings (SSSR count). The Kier molecular flexibility index (Phi) is 6.14. The highest BCUT2D eigenvalue weighted by atomic mass is 16.5. The van der Waals surface area contributed by atoms with Gasteiger partial charge in [-0.3, -0.25) is 9.69 Å². The molecular weight excluding hydrogens is 330 g/mol. The summed E-state index contributed by atoms with van der Waals surface area (Å²) in [5.74, 6) is 3.49. The monoisotopic (exact) mass is 359 g/mol. The maximum atomic E-state index is 12.1. The normalized spacial score (nSPS) is 16.1. The van der Waals surface area contributed by atoms with Crippen LogP contribution in [0.25, 0.3) is 0 Å². The van der Waals surface area contributed by atoms with Crippen molar-refractivity contribution in [3.63, 3.8) is 0 Å². The zero-order valence-corrected chi connectivity index (χ0v) is 16.0. The molecular formula is C20H29N3O3. The molecule has 0 aliphatic carbocycles. The van der Waals surface area contributed by atoms with Crippen LogP contribution in [0, 0.1) is 26.7 Å². The third-order valence-electron chi connectivity index (χ3n) is 5.25. The molecule has 6 nitrogen and oxygen atoms in total. The Morgan fingerprint density at radius 1 is 1.27 bits per heavy atom. The van der Waals surface area contributed by atoms with Crippen molar-refractivity contribution in [1.82, 2.24) is 15.4 Å². The van der Waals surface area contributed by atoms with E-state index in [1.165, 1.54) is 0 Å². The van der Waals surface area contributed by atoms with Crippen molar-refractivity contribution in [3.8, 4) is 0 Å². The van der Waals surface area contributed by atoms with Crippen molar-refractivity contribution in [3.05, 3.63) is 40.7 Å².